The zero-order valence-corrected chi connectivity index (χ0v) is 18.0. The predicted octanol–water partition coefficient (Wildman–Crippen LogP) is 5.53. The van der Waals surface area contributed by atoms with E-state index in [2.05, 4.69) is 22.4 Å². The summed E-state index contributed by atoms with van der Waals surface area (Å²) in [5.74, 6) is -0.0736. The summed E-state index contributed by atoms with van der Waals surface area (Å²) in [6.07, 6.45) is 0.971. The quantitative estimate of drug-likeness (QED) is 0.428. The van der Waals surface area contributed by atoms with E-state index in [1.54, 1.807) is 0 Å². The van der Waals surface area contributed by atoms with E-state index in [0.717, 1.165) is 34.2 Å². The van der Waals surface area contributed by atoms with Gasteiger partial charge in [-0.25, -0.2) is 0 Å². The van der Waals surface area contributed by atoms with Crippen LogP contribution in [0.1, 0.15) is 25.0 Å². The number of pyridine rings is 1. The number of carbonyl (C=O) groups is 1. The fourth-order valence-electron chi connectivity index (χ4n) is 3.25. The molecule has 4 rings (SSSR count). The molecule has 29 heavy (non-hydrogen) atoms. The van der Waals surface area contributed by atoms with Crippen LogP contribution in [-0.4, -0.2) is 25.8 Å². The molecule has 1 N–H and O–H groups in total. The Morgan fingerprint density at radius 2 is 1.93 bits per heavy atom. The number of rotatable bonds is 5. The summed E-state index contributed by atoms with van der Waals surface area (Å²) in [5, 5.41) is 13.7. The van der Waals surface area contributed by atoms with Gasteiger partial charge in [0.2, 0.25) is 5.91 Å². The average Bonchev–Trinajstić information content (AvgIpc) is 3.11. The van der Waals surface area contributed by atoms with Crippen LogP contribution in [0, 0.1) is 6.92 Å². The van der Waals surface area contributed by atoms with Gasteiger partial charge in [0.15, 0.2) is 10.8 Å². The summed E-state index contributed by atoms with van der Waals surface area (Å²) in [4.78, 5) is 12.7. The summed E-state index contributed by atoms with van der Waals surface area (Å²) in [6, 6.07) is 15.7. The van der Waals surface area contributed by atoms with E-state index in [4.69, 9.17) is 11.6 Å². The normalized spacial score (nSPS) is 12.4. The SMILES string of the molecule is CCc1ccc(NC(=O)C(C)Sc2nnc3cc(C)c4cc(Cl)ccc4n23)cc1. The molecule has 0 saturated carbocycles. The second kappa shape index (κ2) is 8.05. The Bertz CT molecular complexity index is 1200. The van der Waals surface area contributed by atoms with Crippen LogP contribution in [0.5, 0.6) is 0 Å². The van der Waals surface area contributed by atoms with Gasteiger partial charge in [0, 0.05) is 16.1 Å². The first-order valence-electron chi connectivity index (χ1n) is 9.46. The number of thioether (sulfide) groups is 1. The lowest BCUT2D eigenvalue weighted by Crippen LogP contribution is -2.22. The largest absolute Gasteiger partial charge is 0.325 e. The number of nitrogens with one attached hydrogen (secondary N) is 1. The van der Waals surface area contributed by atoms with Gasteiger partial charge < -0.3 is 5.32 Å². The van der Waals surface area contributed by atoms with Crippen LogP contribution in [0.4, 0.5) is 5.69 Å². The van der Waals surface area contributed by atoms with Crippen LogP contribution in [-0.2, 0) is 11.2 Å². The lowest BCUT2D eigenvalue weighted by Gasteiger charge is -2.12. The van der Waals surface area contributed by atoms with Crippen LogP contribution >= 0.6 is 23.4 Å². The summed E-state index contributed by atoms with van der Waals surface area (Å²) < 4.78 is 1.98. The molecule has 0 radical (unpaired) electrons. The first-order valence-corrected chi connectivity index (χ1v) is 10.7. The highest BCUT2D eigenvalue weighted by atomic mass is 35.5. The first-order chi connectivity index (χ1) is 14.0. The van der Waals surface area contributed by atoms with Gasteiger partial charge >= 0.3 is 0 Å². The number of hydrogen-bond donors (Lipinski definition) is 1. The van der Waals surface area contributed by atoms with E-state index < -0.39 is 0 Å². The maximum Gasteiger partial charge on any atom is 0.237 e. The van der Waals surface area contributed by atoms with Gasteiger partial charge in [-0.2, -0.15) is 0 Å². The molecule has 0 spiro atoms. The van der Waals surface area contributed by atoms with Gasteiger partial charge in [-0.15, -0.1) is 10.2 Å². The van der Waals surface area contributed by atoms with Gasteiger partial charge in [-0.05, 0) is 67.8 Å². The number of amides is 1. The zero-order chi connectivity index (χ0) is 20.5. The maximum absolute atomic E-state index is 12.7. The number of halogens is 1. The number of carbonyl (C=O) groups excluding carboxylic acids is 1. The fraction of sp³-hybridized carbons (Fsp3) is 0.227. The maximum atomic E-state index is 12.7. The number of fused-ring (bicyclic) bond motifs is 3. The molecule has 2 heterocycles. The van der Waals surface area contributed by atoms with Crippen LogP contribution in [0.3, 0.4) is 0 Å². The minimum Gasteiger partial charge on any atom is -0.325 e. The second-order valence-corrected chi connectivity index (χ2v) is 8.71. The molecule has 0 aliphatic carbocycles. The third kappa shape index (κ3) is 3.95. The van der Waals surface area contributed by atoms with Gasteiger partial charge in [-0.1, -0.05) is 42.4 Å². The molecule has 5 nitrogen and oxygen atoms in total. The minimum absolute atomic E-state index is 0.0736. The number of aromatic nitrogens is 3. The molecule has 1 unspecified atom stereocenters. The summed E-state index contributed by atoms with van der Waals surface area (Å²) in [7, 11) is 0. The lowest BCUT2D eigenvalue weighted by molar-refractivity contribution is -0.115. The first kappa shape index (κ1) is 19.7. The third-order valence-corrected chi connectivity index (χ3v) is 6.19. The molecular weight excluding hydrogens is 404 g/mol. The standard InChI is InChI=1S/C22H21ClN4OS/c1-4-15-5-8-17(9-6-15)24-21(28)14(3)29-22-26-25-20-11-13(2)18-12-16(23)7-10-19(18)27(20)22/h5-12,14H,4H2,1-3H3,(H,24,28). The zero-order valence-electron chi connectivity index (χ0n) is 16.4. The molecular formula is C22H21ClN4OS. The van der Waals surface area contributed by atoms with E-state index in [1.165, 1.54) is 17.3 Å². The summed E-state index contributed by atoms with van der Waals surface area (Å²) in [6.45, 7) is 6.00. The van der Waals surface area contributed by atoms with Crippen molar-refractivity contribution >= 4 is 51.5 Å². The molecule has 0 aliphatic heterocycles. The van der Waals surface area contributed by atoms with Crippen LogP contribution in [0.15, 0.2) is 53.7 Å². The highest BCUT2D eigenvalue weighted by Crippen LogP contribution is 2.29. The van der Waals surface area contributed by atoms with Gasteiger partial charge in [0.25, 0.3) is 0 Å². The van der Waals surface area contributed by atoms with Crippen LogP contribution in [0.2, 0.25) is 5.02 Å². The number of nitrogens with zero attached hydrogens (tertiary/aromatic N) is 3. The lowest BCUT2D eigenvalue weighted by atomic mass is 10.1. The Morgan fingerprint density at radius 1 is 1.17 bits per heavy atom. The van der Waals surface area contributed by atoms with Crippen LogP contribution < -0.4 is 5.32 Å². The van der Waals surface area contributed by atoms with Crippen molar-refractivity contribution in [1.82, 2.24) is 14.6 Å². The second-order valence-electron chi connectivity index (χ2n) is 6.96. The van der Waals surface area contributed by atoms with E-state index in [-0.39, 0.29) is 11.2 Å². The summed E-state index contributed by atoms with van der Waals surface area (Å²) in [5.41, 5.74) is 4.84. The van der Waals surface area contributed by atoms with E-state index in [9.17, 15) is 4.79 Å². The monoisotopic (exact) mass is 424 g/mol. The molecule has 0 aliphatic rings. The third-order valence-electron chi connectivity index (χ3n) is 4.91. The highest BCUT2D eigenvalue weighted by molar-refractivity contribution is 8.00. The Balaban J connectivity index is 1.60. The molecule has 2 aromatic carbocycles. The smallest absolute Gasteiger partial charge is 0.237 e. The molecule has 2 aromatic heterocycles. The Labute approximate surface area is 178 Å². The Morgan fingerprint density at radius 3 is 2.66 bits per heavy atom. The number of benzene rings is 2. The van der Waals surface area contributed by atoms with E-state index >= 15 is 0 Å². The molecule has 0 bridgehead atoms. The van der Waals surface area contributed by atoms with Crippen molar-refractivity contribution in [1.29, 1.82) is 0 Å². The molecule has 0 fully saturated rings. The predicted molar refractivity (Wildman–Crippen MR) is 120 cm³/mol. The fourth-order valence-corrected chi connectivity index (χ4v) is 4.29. The van der Waals surface area contributed by atoms with Crippen molar-refractivity contribution in [3.05, 3.63) is 64.7 Å². The molecule has 4 aromatic rings. The van der Waals surface area contributed by atoms with Gasteiger partial charge in [0.1, 0.15) is 0 Å². The molecule has 1 amide bonds. The van der Waals surface area contributed by atoms with Crippen LogP contribution in [0.25, 0.3) is 16.6 Å². The molecule has 148 valence electrons. The van der Waals surface area contributed by atoms with Crippen molar-refractivity contribution in [3.63, 3.8) is 0 Å². The number of hydrogen-bond acceptors (Lipinski definition) is 4. The highest BCUT2D eigenvalue weighted by Gasteiger charge is 2.19. The Kier molecular flexibility index (Phi) is 5.48. The number of anilines is 1. The van der Waals surface area contributed by atoms with Crippen molar-refractivity contribution < 1.29 is 4.79 Å². The van der Waals surface area contributed by atoms with E-state index in [1.807, 2.05) is 66.8 Å². The average molecular weight is 425 g/mol. The van der Waals surface area contributed by atoms with Crippen molar-refractivity contribution in [3.8, 4) is 0 Å². The molecule has 7 heteroatoms. The van der Waals surface area contributed by atoms with Crippen molar-refractivity contribution in [2.45, 2.75) is 37.6 Å². The van der Waals surface area contributed by atoms with Crippen molar-refractivity contribution in [2.24, 2.45) is 0 Å². The van der Waals surface area contributed by atoms with E-state index in [0.29, 0.717) is 10.2 Å². The number of aryl methyl sites for hydroxylation is 2. The molecule has 0 saturated heterocycles. The molecule has 1 atom stereocenters. The minimum atomic E-state index is -0.336. The van der Waals surface area contributed by atoms with Gasteiger partial charge in [-0.3, -0.25) is 9.20 Å². The van der Waals surface area contributed by atoms with Crippen molar-refractivity contribution in [2.75, 3.05) is 5.32 Å². The topological polar surface area (TPSA) is 59.3 Å². The van der Waals surface area contributed by atoms with Gasteiger partial charge in [0.05, 0.1) is 10.8 Å². The summed E-state index contributed by atoms with van der Waals surface area (Å²) >= 11 is 7.56. The Hall–Kier alpha value is -2.57.